The van der Waals surface area contributed by atoms with Crippen LogP contribution in [0.3, 0.4) is 0 Å². The summed E-state index contributed by atoms with van der Waals surface area (Å²) in [6, 6.07) is 9.83. The first-order valence-electron chi connectivity index (χ1n) is 10.3. The number of benzene rings is 1. The van der Waals surface area contributed by atoms with Crippen molar-refractivity contribution in [2.24, 2.45) is 0 Å². The quantitative estimate of drug-likeness (QED) is 0.752. The van der Waals surface area contributed by atoms with Crippen LogP contribution in [0, 0.1) is 12.7 Å². The number of aryl methyl sites for hydroxylation is 1. The molecule has 6 nitrogen and oxygen atoms in total. The molecule has 0 atom stereocenters. The first-order valence-corrected chi connectivity index (χ1v) is 10.3. The maximum absolute atomic E-state index is 13.6. The van der Waals surface area contributed by atoms with E-state index in [4.69, 9.17) is 4.42 Å². The molecule has 1 aliphatic rings. The van der Waals surface area contributed by atoms with Crippen LogP contribution in [-0.4, -0.2) is 64.8 Å². The minimum Gasteiger partial charge on any atom is -0.456 e. The summed E-state index contributed by atoms with van der Waals surface area (Å²) in [7, 11) is 0. The summed E-state index contributed by atoms with van der Waals surface area (Å²) < 4.78 is 19.0. The number of carbonyl (C=O) groups excluding carboxylic acids is 2. The van der Waals surface area contributed by atoms with E-state index in [1.54, 1.807) is 28.0 Å². The Morgan fingerprint density at radius 3 is 2.37 bits per heavy atom. The van der Waals surface area contributed by atoms with Gasteiger partial charge in [-0.05, 0) is 57.5 Å². The Labute approximate surface area is 177 Å². The Morgan fingerprint density at radius 2 is 1.80 bits per heavy atom. The van der Waals surface area contributed by atoms with Gasteiger partial charge < -0.3 is 14.2 Å². The molecular formula is C23H30FN3O3. The van der Waals surface area contributed by atoms with Crippen molar-refractivity contribution >= 4 is 11.8 Å². The molecule has 3 rings (SSSR count). The zero-order valence-electron chi connectivity index (χ0n) is 18.2. The third-order valence-electron chi connectivity index (χ3n) is 5.31. The van der Waals surface area contributed by atoms with Crippen molar-refractivity contribution in [1.82, 2.24) is 14.7 Å². The van der Waals surface area contributed by atoms with Crippen molar-refractivity contribution in [2.75, 3.05) is 32.7 Å². The summed E-state index contributed by atoms with van der Waals surface area (Å²) in [5.41, 5.74) is 0.376. The van der Waals surface area contributed by atoms with Crippen LogP contribution in [-0.2, 0) is 11.3 Å². The smallest absolute Gasteiger partial charge is 0.289 e. The van der Waals surface area contributed by atoms with Crippen LogP contribution in [0.4, 0.5) is 4.39 Å². The fourth-order valence-electron chi connectivity index (χ4n) is 3.61. The van der Waals surface area contributed by atoms with Crippen LogP contribution in [0.15, 0.2) is 40.8 Å². The number of hydrogen-bond acceptors (Lipinski definition) is 4. The molecule has 1 saturated heterocycles. The van der Waals surface area contributed by atoms with Gasteiger partial charge in [0.25, 0.3) is 5.91 Å². The number of nitrogens with zero attached hydrogens (tertiary/aromatic N) is 3. The normalized spacial score (nSPS) is 15.3. The molecule has 0 aliphatic carbocycles. The molecule has 0 spiro atoms. The number of amides is 2. The lowest BCUT2D eigenvalue weighted by Crippen LogP contribution is -2.54. The summed E-state index contributed by atoms with van der Waals surface area (Å²) in [6.45, 7) is 10.7. The lowest BCUT2D eigenvalue weighted by atomic mass is 10.0. The minimum absolute atomic E-state index is 0.00630. The van der Waals surface area contributed by atoms with Crippen molar-refractivity contribution in [3.8, 4) is 0 Å². The summed E-state index contributed by atoms with van der Waals surface area (Å²) in [5.74, 6) is 0.639. The standard InChI is InChI=1S/C23H30FN3O3/c1-17-8-9-20(30-17)22(29)26-12-10-25(11-13-26)16-21(28)27(23(2,3)4)15-18-6-5-7-19(24)14-18/h5-9,14H,10-13,15-16H2,1-4H3. The molecule has 0 saturated carbocycles. The molecule has 30 heavy (non-hydrogen) atoms. The molecule has 1 aromatic heterocycles. The Kier molecular flexibility index (Phi) is 6.61. The third-order valence-corrected chi connectivity index (χ3v) is 5.31. The van der Waals surface area contributed by atoms with E-state index in [2.05, 4.69) is 4.90 Å². The average molecular weight is 416 g/mol. The van der Waals surface area contributed by atoms with Crippen molar-refractivity contribution in [1.29, 1.82) is 0 Å². The first kappa shape index (κ1) is 22.0. The SMILES string of the molecule is Cc1ccc(C(=O)N2CCN(CC(=O)N(Cc3cccc(F)c3)C(C)(C)C)CC2)o1. The Balaban J connectivity index is 1.58. The number of hydrogen-bond donors (Lipinski definition) is 0. The Morgan fingerprint density at radius 1 is 1.10 bits per heavy atom. The van der Waals surface area contributed by atoms with Gasteiger partial charge in [-0.15, -0.1) is 0 Å². The first-order chi connectivity index (χ1) is 14.1. The molecule has 0 radical (unpaired) electrons. The lowest BCUT2D eigenvalue weighted by Gasteiger charge is -2.39. The van der Waals surface area contributed by atoms with Crippen LogP contribution in [0.2, 0.25) is 0 Å². The predicted molar refractivity (Wildman–Crippen MR) is 112 cm³/mol. The zero-order chi connectivity index (χ0) is 21.9. The van der Waals surface area contributed by atoms with Gasteiger partial charge in [0.15, 0.2) is 5.76 Å². The largest absolute Gasteiger partial charge is 0.456 e. The van der Waals surface area contributed by atoms with E-state index < -0.39 is 5.54 Å². The maximum Gasteiger partial charge on any atom is 0.289 e. The average Bonchev–Trinajstić information content (AvgIpc) is 3.11. The van der Waals surface area contributed by atoms with E-state index >= 15 is 0 Å². The third kappa shape index (κ3) is 5.48. The molecule has 7 heteroatoms. The van der Waals surface area contributed by atoms with Gasteiger partial charge in [-0.2, -0.15) is 0 Å². The van der Waals surface area contributed by atoms with E-state index in [0.29, 0.717) is 44.2 Å². The monoisotopic (exact) mass is 415 g/mol. The highest BCUT2D eigenvalue weighted by molar-refractivity contribution is 5.91. The van der Waals surface area contributed by atoms with Gasteiger partial charge in [0.2, 0.25) is 5.91 Å². The highest BCUT2D eigenvalue weighted by Gasteiger charge is 2.30. The van der Waals surface area contributed by atoms with E-state index in [1.165, 1.54) is 12.1 Å². The van der Waals surface area contributed by atoms with Gasteiger partial charge >= 0.3 is 0 Å². The highest BCUT2D eigenvalue weighted by Crippen LogP contribution is 2.19. The minimum atomic E-state index is -0.391. The molecule has 162 valence electrons. The van der Waals surface area contributed by atoms with Crippen LogP contribution in [0.1, 0.15) is 42.6 Å². The van der Waals surface area contributed by atoms with E-state index in [-0.39, 0.29) is 24.2 Å². The van der Waals surface area contributed by atoms with Crippen LogP contribution >= 0.6 is 0 Å². The molecule has 1 fully saturated rings. The zero-order valence-corrected chi connectivity index (χ0v) is 18.2. The second-order valence-electron chi connectivity index (χ2n) is 8.76. The maximum atomic E-state index is 13.6. The van der Waals surface area contributed by atoms with Gasteiger partial charge in [-0.25, -0.2) is 4.39 Å². The number of carbonyl (C=O) groups is 2. The number of halogens is 1. The van der Waals surface area contributed by atoms with Crippen LogP contribution < -0.4 is 0 Å². The van der Waals surface area contributed by atoms with Crippen LogP contribution in [0.5, 0.6) is 0 Å². The molecule has 2 amide bonds. The molecule has 0 bridgehead atoms. The number of rotatable bonds is 5. The summed E-state index contributed by atoms with van der Waals surface area (Å²) in [4.78, 5) is 31.2. The summed E-state index contributed by atoms with van der Waals surface area (Å²) in [6.07, 6.45) is 0. The van der Waals surface area contributed by atoms with Crippen molar-refractivity contribution < 1.29 is 18.4 Å². The van der Waals surface area contributed by atoms with Crippen molar-refractivity contribution in [3.05, 3.63) is 59.3 Å². The Hall–Kier alpha value is -2.67. The highest BCUT2D eigenvalue weighted by atomic mass is 19.1. The van der Waals surface area contributed by atoms with Gasteiger partial charge in [0.05, 0.1) is 6.54 Å². The summed E-state index contributed by atoms with van der Waals surface area (Å²) in [5, 5.41) is 0. The van der Waals surface area contributed by atoms with Gasteiger partial charge in [-0.3, -0.25) is 14.5 Å². The topological polar surface area (TPSA) is 57.0 Å². The molecule has 1 aliphatic heterocycles. The number of furan rings is 1. The lowest BCUT2D eigenvalue weighted by molar-refractivity contribution is -0.138. The molecule has 2 aromatic rings. The fourth-order valence-corrected chi connectivity index (χ4v) is 3.61. The van der Waals surface area contributed by atoms with Gasteiger partial charge in [-0.1, -0.05) is 12.1 Å². The van der Waals surface area contributed by atoms with E-state index in [1.807, 2.05) is 33.8 Å². The molecule has 0 N–H and O–H groups in total. The summed E-state index contributed by atoms with van der Waals surface area (Å²) >= 11 is 0. The predicted octanol–water partition coefficient (Wildman–Crippen LogP) is 3.31. The van der Waals surface area contributed by atoms with Crippen LogP contribution in [0.25, 0.3) is 0 Å². The molecular weight excluding hydrogens is 385 g/mol. The molecule has 2 heterocycles. The van der Waals surface area contributed by atoms with E-state index in [0.717, 1.165) is 5.56 Å². The Bertz CT molecular complexity index is 895. The molecule has 0 unspecified atom stereocenters. The number of piperazine rings is 1. The van der Waals surface area contributed by atoms with Gasteiger partial charge in [0.1, 0.15) is 11.6 Å². The van der Waals surface area contributed by atoms with E-state index in [9.17, 15) is 14.0 Å². The fraction of sp³-hybridized carbons (Fsp3) is 0.478. The van der Waals surface area contributed by atoms with Gasteiger partial charge in [0, 0.05) is 38.3 Å². The van der Waals surface area contributed by atoms with Crippen molar-refractivity contribution in [2.45, 2.75) is 39.8 Å². The second kappa shape index (κ2) is 9.00. The molecule has 1 aromatic carbocycles. The van der Waals surface area contributed by atoms with Crippen molar-refractivity contribution in [3.63, 3.8) is 0 Å². The second-order valence-corrected chi connectivity index (χ2v) is 8.76.